The Bertz CT molecular complexity index is 941. The molecule has 0 amide bonds. The molecule has 0 N–H and O–H groups in total. The van der Waals surface area contributed by atoms with Gasteiger partial charge in [-0.3, -0.25) is 0 Å². The second kappa shape index (κ2) is 9.30. The third-order valence-electron chi connectivity index (χ3n) is 4.71. The quantitative estimate of drug-likeness (QED) is 0.291. The third kappa shape index (κ3) is 5.08. The topological polar surface area (TPSA) is 0 Å². The Morgan fingerprint density at radius 1 is 0.357 bits per heavy atom. The molecule has 0 aromatic heterocycles. The van der Waals surface area contributed by atoms with Gasteiger partial charge in [-0.2, -0.15) is 0 Å². The number of hydrogen-bond donors (Lipinski definition) is 0. The van der Waals surface area contributed by atoms with E-state index in [9.17, 15) is 0 Å². The van der Waals surface area contributed by atoms with Gasteiger partial charge in [-0.15, -0.1) is 0 Å². The van der Waals surface area contributed by atoms with E-state index < -0.39 is 0 Å². The van der Waals surface area contributed by atoms with Crippen molar-refractivity contribution < 1.29 is 0 Å². The fourth-order valence-corrected chi connectivity index (χ4v) is 12.9. The van der Waals surface area contributed by atoms with Gasteiger partial charge in [0.05, 0.1) is 0 Å². The first-order valence-electron chi connectivity index (χ1n) is 9.36. The zero-order chi connectivity index (χ0) is 19.3. The fraction of sp³-hybridized carbons (Fsp3) is 0.0769. The summed E-state index contributed by atoms with van der Waals surface area (Å²) in [7, 11) is 0. The summed E-state index contributed by atoms with van der Waals surface area (Å²) in [5.41, 5.74) is 7.87. The molecule has 0 saturated carbocycles. The molecular weight excluding hydrogens is 567 g/mol. The molecule has 28 heavy (non-hydrogen) atoms. The van der Waals surface area contributed by atoms with E-state index in [1.165, 1.54) is 33.4 Å². The first kappa shape index (κ1) is 19.8. The second-order valence-electron chi connectivity index (χ2n) is 6.95. The van der Waals surface area contributed by atoms with Crippen LogP contribution in [0.15, 0.2) is 97.1 Å². The molecule has 0 atom stereocenters. The number of rotatable bonds is 5. The standard InChI is InChI=1S/C26H22Te2/c1-19-3-7-21(8-4-19)23-11-15-25(16-12-23)27-28-26-17-13-24(14-18-26)22-9-5-20(2)6-10-22/h3-18H,1-2H3. The number of hydrogen-bond acceptors (Lipinski definition) is 0. The van der Waals surface area contributed by atoms with Crippen molar-refractivity contribution >= 4 is 41.3 Å². The molecule has 2 heteroatoms. The summed E-state index contributed by atoms with van der Waals surface area (Å²) in [6.07, 6.45) is 0. The normalized spacial score (nSPS) is 10.8. The van der Waals surface area contributed by atoms with Crippen LogP contribution in [0.3, 0.4) is 0 Å². The molecule has 0 aliphatic carbocycles. The Kier molecular flexibility index (Phi) is 6.57. The summed E-state index contributed by atoms with van der Waals surface area (Å²) >= 11 is -0.151. The van der Waals surface area contributed by atoms with Crippen LogP contribution in [0.1, 0.15) is 11.1 Å². The predicted octanol–water partition coefficient (Wildman–Crippen LogP) is 4.91. The maximum atomic E-state index is 2.35. The van der Waals surface area contributed by atoms with Crippen LogP contribution >= 0.6 is 0 Å². The SMILES string of the molecule is Cc1ccc(-c2ccc([Te][Te]c3ccc(-c4ccc(C)cc4)cc3)cc2)cc1. The molecule has 0 bridgehead atoms. The first-order valence-corrected chi connectivity index (χ1v) is 19.0. The first-order chi connectivity index (χ1) is 13.7. The van der Waals surface area contributed by atoms with Crippen molar-refractivity contribution in [3.05, 3.63) is 108 Å². The monoisotopic (exact) mass is 594 g/mol. The van der Waals surface area contributed by atoms with Crippen LogP contribution in [-0.4, -0.2) is 34.1 Å². The van der Waals surface area contributed by atoms with E-state index >= 15 is 0 Å². The summed E-state index contributed by atoms with van der Waals surface area (Å²) < 4.78 is 3.15. The van der Waals surface area contributed by atoms with Gasteiger partial charge in [0.25, 0.3) is 0 Å². The van der Waals surface area contributed by atoms with Crippen LogP contribution in [0.4, 0.5) is 0 Å². The zero-order valence-corrected chi connectivity index (χ0v) is 20.7. The van der Waals surface area contributed by atoms with Crippen molar-refractivity contribution in [3.63, 3.8) is 0 Å². The molecule has 0 aliphatic heterocycles. The van der Waals surface area contributed by atoms with Crippen molar-refractivity contribution in [1.29, 1.82) is 0 Å². The second-order valence-corrected chi connectivity index (χ2v) is 17.0. The molecule has 0 radical (unpaired) electrons. The molecule has 4 aromatic rings. The average Bonchev–Trinajstić information content (AvgIpc) is 2.74. The van der Waals surface area contributed by atoms with Crippen LogP contribution in [0.5, 0.6) is 0 Å². The molecule has 0 fully saturated rings. The molecule has 0 heterocycles. The van der Waals surface area contributed by atoms with Gasteiger partial charge in [0, 0.05) is 0 Å². The van der Waals surface area contributed by atoms with Crippen LogP contribution in [0.25, 0.3) is 22.3 Å². The molecule has 4 aromatic carbocycles. The molecule has 0 saturated heterocycles. The summed E-state index contributed by atoms with van der Waals surface area (Å²) in [6, 6.07) is 36.2. The molecule has 0 nitrogen and oxygen atoms in total. The molecule has 4 rings (SSSR count). The van der Waals surface area contributed by atoms with E-state index in [1.54, 1.807) is 7.22 Å². The van der Waals surface area contributed by atoms with Crippen LogP contribution < -0.4 is 7.22 Å². The number of benzene rings is 4. The Hall–Kier alpha value is -1.54. The van der Waals surface area contributed by atoms with Gasteiger partial charge in [0.2, 0.25) is 0 Å². The number of aryl methyl sites for hydroxylation is 2. The Balaban J connectivity index is 1.39. The zero-order valence-electron chi connectivity index (χ0n) is 16.1. The van der Waals surface area contributed by atoms with Crippen molar-refractivity contribution in [2.75, 3.05) is 0 Å². The van der Waals surface area contributed by atoms with E-state index in [0.29, 0.717) is 0 Å². The van der Waals surface area contributed by atoms with Crippen molar-refractivity contribution in [2.45, 2.75) is 13.8 Å². The van der Waals surface area contributed by atoms with Gasteiger partial charge in [-0.05, 0) is 0 Å². The van der Waals surface area contributed by atoms with Crippen LogP contribution in [0.2, 0.25) is 0 Å². The summed E-state index contributed by atoms with van der Waals surface area (Å²) in [5.74, 6) is 0. The fourth-order valence-electron chi connectivity index (χ4n) is 2.99. The van der Waals surface area contributed by atoms with E-state index in [2.05, 4.69) is 111 Å². The van der Waals surface area contributed by atoms with E-state index in [4.69, 9.17) is 0 Å². The molecule has 0 aliphatic rings. The van der Waals surface area contributed by atoms with Crippen molar-refractivity contribution in [2.24, 2.45) is 0 Å². The van der Waals surface area contributed by atoms with Gasteiger partial charge in [-0.25, -0.2) is 0 Å². The molecule has 0 unspecified atom stereocenters. The van der Waals surface area contributed by atoms with Gasteiger partial charge in [0.1, 0.15) is 0 Å². The van der Waals surface area contributed by atoms with Gasteiger partial charge < -0.3 is 0 Å². The Morgan fingerprint density at radius 2 is 0.607 bits per heavy atom. The minimum absolute atomic E-state index is 0.0754. The summed E-state index contributed by atoms with van der Waals surface area (Å²) in [4.78, 5) is 0. The molecule has 138 valence electrons. The van der Waals surface area contributed by atoms with Gasteiger partial charge >= 0.3 is 186 Å². The maximum absolute atomic E-state index is 2.35. The third-order valence-corrected chi connectivity index (χ3v) is 16.6. The molecule has 0 spiro atoms. The average molecular weight is 590 g/mol. The summed E-state index contributed by atoms with van der Waals surface area (Å²) in [5, 5.41) is 0. The van der Waals surface area contributed by atoms with E-state index in [0.717, 1.165) is 0 Å². The van der Waals surface area contributed by atoms with Crippen molar-refractivity contribution in [1.82, 2.24) is 0 Å². The minimum atomic E-state index is -0.0754. The van der Waals surface area contributed by atoms with Gasteiger partial charge in [0.15, 0.2) is 0 Å². The Labute approximate surface area is 184 Å². The summed E-state index contributed by atoms with van der Waals surface area (Å²) in [6.45, 7) is 4.27. The van der Waals surface area contributed by atoms with E-state index in [-0.39, 0.29) is 34.1 Å². The van der Waals surface area contributed by atoms with E-state index in [1.807, 2.05) is 0 Å². The van der Waals surface area contributed by atoms with Gasteiger partial charge in [-0.1, -0.05) is 0 Å². The Morgan fingerprint density at radius 3 is 0.893 bits per heavy atom. The van der Waals surface area contributed by atoms with Crippen LogP contribution in [-0.2, 0) is 0 Å². The van der Waals surface area contributed by atoms with Crippen molar-refractivity contribution in [3.8, 4) is 22.3 Å². The molecular formula is C26H22Te2. The predicted molar refractivity (Wildman–Crippen MR) is 124 cm³/mol. The van der Waals surface area contributed by atoms with Crippen LogP contribution in [0, 0.1) is 13.8 Å².